The van der Waals surface area contributed by atoms with Gasteiger partial charge in [0.2, 0.25) is 6.79 Å². The molecule has 0 unspecified atom stereocenters. The maximum Gasteiger partial charge on any atom is 0.231 e. The molecule has 1 N–H and O–H groups in total. The van der Waals surface area contributed by atoms with Gasteiger partial charge < -0.3 is 14.7 Å². The van der Waals surface area contributed by atoms with Crippen LogP contribution in [0.2, 0.25) is 0 Å². The van der Waals surface area contributed by atoms with E-state index in [0.29, 0.717) is 23.0 Å². The van der Waals surface area contributed by atoms with E-state index in [1.165, 1.54) is 0 Å². The molecule has 0 radical (unpaired) electrons. The third kappa shape index (κ3) is 2.60. The summed E-state index contributed by atoms with van der Waals surface area (Å²) in [5.41, 5.74) is 3.94. The summed E-state index contributed by atoms with van der Waals surface area (Å²) in [6.45, 7) is 0.205. The van der Waals surface area contributed by atoms with Crippen molar-refractivity contribution in [1.82, 2.24) is 9.71 Å². The zero-order chi connectivity index (χ0) is 18.2. The van der Waals surface area contributed by atoms with E-state index in [2.05, 4.69) is 0 Å². The minimum atomic E-state index is 0.205. The predicted octanol–water partition coefficient (Wildman–Crippen LogP) is 4.85. The van der Waals surface area contributed by atoms with Crippen molar-refractivity contribution in [1.29, 1.82) is 0 Å². The van der Waals surface area contributed by atoms with Gasteiger partial charge in [-0.15, -0.1) is 0 Å². The van der Waals surface area contributed by atoms with Crippen LogP contribution in [-0.4, -0.2) is 21.7 Å². The smallest absolute Gasteiger partial charge is 0.231 e. The first kappa shape index (κ1) is 15.5. The van der Waals surface area contributed by atoms with Crippen molar-refractivity contribution in [2.24, 2.45) is 0 Å². The fourth-order valence-corrected chi connectivity index (χ4v) is 3.29. The summed E-state index contributed by atoms with van der Waals surface area (Å²) in [6, 6.07) is 25.1. The molecule has 0 saturated carbocycles. The molecule has 1 aromatic heterocycles. The van der Waals surface area contributed by atoms with Crippen LogP contribution in [0.3, 0.4) is 0 Å². The number of ether oxygens (including phenoxy) is 2. The standard InChI is InChI=1S/C22H16N2O3/c25-24-21(16-9-5-2-6-10-16)20(15-7-3-1-4-8-15)23-22(24)17-11-12-18-19(13-17)27-14-26-18/h1-13,25H,14H2. The molecule has 0 spiro atoms. The number of aromatic nitrogens is 2. The van der Waals surface area contributed by atoms with E-state index in [1.807, 2.05) is 78.9 Å². The molecule has 0 saturated heterocycles. The number of rotatable bonds is 3. The van der Waals surface area contributed by atoms with E-state index in [0.717, 1.165) is 27.1 Å². The summed E-state index contributed by atoms with van der Waals surface area (Å²) < 4.78 is 12.0. The van der Waals surface area contributed by atoms with Gasteiger partial charge in [0.1, 0.15) is 11.4 Å². The first-order valence-corrected chi connectivity index (χ1v) is 8.64. The molecule has 0 fully saturated rings. The van der Waals surface area contributed by atoms with Crippen molar-refractivity contribution < 1.29 is 14.7 Å². The average Bonchev–Trinajstić information content (AvgIpc) is 3.33. The van der Waals surface area contributed by atoms with Crippen LogP contribution in [0.15, 0.2) is 78.9 Å². The molecule has 27 heavy (non-hydrogen) atoms. The van der Waals surface area contributed by atoms with Gasteiger partial charge in [-0.1, -0.05) is 60.7 Å². The third-order valence-corrected chi connectivity index (χ3v) is 4.58. The minimum absolute atomic E-state index is 0.205. The lowest BCUT2D eigenvalue weighted by Gasteiger charge is -2.07. The first-order valence-electron chi connectivity index (χ1n) is 8.64. The summed E-state index contributed by atoms with van der Waals surface area (Å²) >= 11 is 0. The van der Waals surface area contributed by atoms with Crippen molar-refractivity contribution in [3.05, 3.63) is 78.9 Å². The van der Waals surface area contributed by atoms with Gasteiger partial charge in [-0.25, -0.2) is 4.98 Å². The number of hydrogen-bond donors (Lipinski definition) is 1. The number of fused-ring (bicyclic) bond motifs is 1. The van der Waals surface area contributed by atoms with Crippen molar-refractivity contribution >= 4 is 0 Å². The van der Waals surface area contributed by atoms with Crippen molar-refractivity contribution in [3.8, 4) is 45.4 Å². The van der Waals surface area contributed by atoms with E-state index >= 15 is 0 Å². The van der Waals surface area contributed by atoms with Crippen LogP contribution in [0.1, 0.15) is 0 Å². The molecule has 5 rings (SSSR count). The fraction of sp³-hybridized carbons (Fsp3) is 0.0455. The van der Waals surface area contributed by atoms with E-state index in [1.54, 1.807) is 0 Å². The zero-order valence-corrected chi connectivity index (χ0v) is 14.4. The Bertz CT molecular complexity index is 1110. The molecule has 0 amide bonds. The largest absolute Gasteiger partial charge is 0.454 e. The fourth-order valence-electron chi connectivity index (χ4n) is 3.29. The van der Waals surface area contributed by atoms with E-state index < -0.39 is 0 Å². The SMILES string of the molecule is On1c(-c2ccc3c(c2)OCO3)nc(-c2ccccc2)c1-c1ccccc1. The number of imidazole rings is 1. The van der Waals surface area contributed by atoms with Crippen molar-refractivity contribution in [2.45, 2.75) is 0 Å². The Kier molecular flexibility index (Phi) is 3.57. The van der Waals surface area contributed by atoms with Crippen LogP contribution in [0.25, 0.3) is 33.9 Å². The Hall–Kier alpha value is -3.73. The van der Waals surface area contributed by atoms with Gasteiger partial charge in [-0.3, -0.25) is 0 Å². The summed E-state index contributed by atoms with van der Waals surface area (Å²) in [6.07, 6.45) is 0. The second-order valence-electron chi connectivity index (χ2n) is 6.24. The van der Waals surface area contributed by atoms with Gasteiger partial charge in [0.05, 0.1) is 0 Å². The Morgan fingerprint density at radius 2 is 1.41 bits per heavy atom. The van der Waals surface area contributed by atoms with Crippen LogP contribution in [0.4, 0.5) is 0 Å². The maximum absolute atomic E-state index is 11.0. The lowest BCUT2D eigenvalue weighted by Crippen LogP contribution is -1.97. The van der Waals surface area contributed by atoms with E-state index in [9.17, 15) is 5.21 Å². The van der Waals surface area contributed by atoms with Gasteiger partial charge in [0.15, 0.2) is 17.3 Å². The van der Waals surface area contributed by atoms with Crippen molar-refractivity contribution in [2.75, 3.05) is 6.79 Å². The summed E-state index contributed by atoms with van der Waals surface area (Å²) in [5, 5.41) is 11.0. The molecule has 1 aliphatic heterocycles. The normalized spacial score (nSPS) is 12.3. The second kappa shape index (κ2) is 6.21. The molecule has 1 aliphatic rings. The van der Waals surface area contributed by atoms with Crippen molar-refractivity contribution in [3.63, 3.8) is 0 Å². The number of nitrogens with zero attached hydrogens (tertiary/aromatic N) is 2. The summed E-state index contributed by atoms with van der Waals surface area (Å²) in [4.78, 5) is 4.77. The quantitative estimate of drug-likeness (QED) is 0.533. The Morgan fingerprint density at radius 1 is 0.741 bits per heavy atom. The summed E-state index contributed by atoms with van der Waals surface area (Å²) in [7, 11) is 0. The summed E-state index contributed by atoms with van der Waals surface area (Å²) in [5.74, 6) is 1.80. The molecular formula is C22H16N2O3. The van der Waals surface area contributed by atoms with Crippen LogP contribution >= 0.6 is 0 Å². The van der Waals surface area contributed by atoms with Crippen LogP contribution in [0.5, 0.6) is 11.5 Å². The highest BCUT2D eigenvalue weighted by atomic mass is 16.7. The first-order chi connectivity index (χ1) is 13.3. The second-order valence-corrected chi connectivity index (χ2v) is 6.24. The Balaban J connectivity index is 1.73. The van der Waals surface area contributed by atoms with Crippen LogP contribution in [0, 0.1) is 0 Å². The molecule has 4 aromatic rings. The lowest BCUT2D eigenvalue weighted by atomic mass is 10.1. The molecule has 132 valence electrons. The monoisotopic (exact) mass is 356 g/mol. The topological polar surface area (TPSA) is 56.5 Å². The van der Waals surface area contributed by atoms with Crippen LogP contribution < -0.4 is 9.47 Å². The highest BCUT2D eigenvalue weighted by molar-refractivity contribution is 5.82. The van der Waals surface area contributed by atoms with Gasteiger partial charge >= 0.3 is 0 Å². The van der Waals surface area contributed by atoms with E-state index in [4.69, 9.17) is 14.5 Å². The molecule has 3 aromatic carbocycles. The highest BCUT2D eigenvalue weighted by Gasteiger charge is 2.22. The Labute approximate surface area is 156 Å². The molecule has 0 aliphatic carbocycles. The maximum atomic E-state index is 11.0. The molecular weight excluding hydrogens is 340 g/mol. The van der Waals surface area contributed by atoms with Gasteiger partial charge in [-0.05, 0) is 18.2 Å². The van der Waals surface area contributed by atoms with Gasteiger partial charge in [-0.2, -0.15) is 4.73 Å². The molecule has 0 atom stereocenters. The highest BCUT2D eigenvalue weighted by Crippen LogP contribution is 2.39. The molecule has 5 nitrogen and oxygen atoms in total. The lowest BCUT2D eigenvalue weighted by molar-refractivity contribution is 0.174. The zero-order valence-electron chi connectivity index (χ0n) is 14.4. The van der Waals surface area contributed by atoms with Gasteiger partial charge in [0, 0.05) is 16.7 Å². The molecule has 2 heterocycles. The third-order valence-electron chi connectivity index (χ3n) is 4.58. The number of benzene rings is 3. The average molecular weight is 356 g/mol. The van der Waals surface area contributed by atoms with Crippen LogP contribution in [-0.2, 0) is 0 Å². The van der Waals surface area contributed by atoms with E-state index in [-0.39, 0.29) is 6.79 Å². The number of hydrogen-bond acceptors (Lipinski definition) is 4. The van der Waals surface area contributed by atoms with Gasteiger partial charge in [0.25, 0.3) is 0 Å². The molecule has 5 heteroatoms. The molecule has 0 bridgehead atoms. The Morgan fingerprint density at radius 3 is 2.15 bits per heavy atom. The predicted molar refractivity (Wildman–Crippen MR) is 102 cm³/mol. The minimum Gasteiger partial charge on any atom is -0.454 e.